The molecule has 44 heavy (non-hydrogen) atoms. The number of urea groups is 1. The number of carbonyl (C=O) groups excluding carboxylic acids is 6. The first-order valence-electron chi connectivity index (χ1n) is 14.6. The number of nitrogens with one attached hydrogen (secondary N) is 4. The quantitative estimate of drug-likeness (QED) is 0.230. The van der Waals surface area contributed by atoms with Gasteiger partial charge in [-0.3, -0.25) is 24.0 Å². The number of hydrogen-bond acceptors (Lipinski definition) is 6. The van der Waals surface area contributed by atoms with Crippen molar-refractivity contribution in [2.45, 2.75) is 58.5 Å². The van der Waals surface area contributed by atoms with E-state index in [0.29, 0.717) is 30.0 Å². The zero-order chi connectivity index (χ0) is 32.2. The highest BCUT2D eigenvalue weighted by Crippen LogP contribution is 2.16. The third kappa shape index (κ3) is 10.1. The molecule has 1 saturated heterocycles. The third-order valence-electron chi connectivity index (χ3n) is 7.16. The summed E-state index contributed by atoms with van der Waals surface area (Å²) in [5, 5.41) is 10.6. The number of benzene rings is 2. The third-order valence-corrected chi connectivity index (χ3v) is 7.16. The minimum Gasteiger partial charge on any atom is -0.370 e. The first kappa shape index (κ1) is 33.6. The standard InChI is InChI=1S/C31H41N7O6/c1-20(2)38(25(17-26(32)39)30(43)34-18-28(41)37-14-6-7-15-37)29(42)19-33-27(40)16-22-10-12-23(13-11-22)35-31(44)36-24-9-5-4-8-21(24)3/h4-5,8-13,20,25H,6-7,14-19H2,1-3H3,(H2,32,39)(H,33,40)(H,34,43)(H2,35,36,44). The minimum atomic E-state index is -1.24. The normalized spacial score (nSPS) is 13.1. The van der Waals surface area contributed by atoms with E-state index < -0.39 is 54.7 Å². The van der Waals surface area contributed by atoms with Crippen LogP contribution in [-0.4, -0.2) is 83.6 Å². The van der Waals surface area contributed by atoms with Crippen molar-refractivity contribution in [1.29, 1.82) is 0 Å². The molecular weight excluding hydrogens is 566 g/mol. The van der Waals surface area contributed by atoms with Gasteiger partial charge in [-0.2, -0.15) is 0 Å². The van der Waals surface area contributed by atoms with Gasteiger partial charge < -0.3 is 36.8 Å². The van der Waals surface area contributed by atoms with Gasteiger partial charge in [0.25, 0.3) is 0 Å². The highest BCUT2D eigenvalue weighted by molar-refractivity contribution is 6.00. The zero-order valence-corrected chi connectivity index (χ0v) is 25.4. The number of para-hydroxylation sites is 1. The van der Waals surface area contributed by atoms with Crippen LogP contribution in [-0.2, 0) is 30.4 Å². The summed E-state index contributed by atoms with van der Waals surface area (Å²) in [6.07, 6.45) is 1.34. The Hall–Kier alpha value is -4.94. The summed E-state index contributed by atoms with van der Waals surface area (Å²) in [4.78, 5) is 78.2. The molecule has 236 valence electrons. The van der Waals surface area contributed by atoms with Crippen molar-refractivity contribution >= 4 is 46.9 Å². The van der Waals surface area contributed by atoms with Crippen LogP contribution in [0.4, 0.5) is 16.2 Å². The summed E-state index contributed by atoms with van der Waals surface area (Å²) < 4.78 is 0. The topological polar surface area (TPSA) is 183 Å². The van der Waals surface area contributed by atoms with Gasteiger partial charge in [-0.1, -0.05) is 30.3 Å². The summed E-state index contributed by atoms with van der Waals surface area (Å²) in [5.41, 5.74) is 8.18. The van der Waals surface area contributed by atoms with E-state index in [1.807, 2.05) is 25.1 Å². The second kappa shape index (κ2) is 16.1. The van der Waals surface area contributed by atoms with Gasteiger partial charge in [0.05, 0.1) is 25.9 Å². The van der Waals surface area contributed by atoms with Crippen molar-refractivity contribution in [3.05, 3.63) is 59.7 Å². The predicted molar refractivity (Wildman–Crippen MR) is 165 cm³/mol. The summed E-state index contributed by atoms with van der Waals surface area (Å²) in [6, 6.07) is 11.9. The number of nitrogens with zero attached hydrogens (tertiary/aromatic N) is 2. The second-order valence-corrected chi connectivity index (χ2v) is 10.9. The molecule has 13 heteroatoms. The molecule has 1 fully saturated rings. The molecule has 0 saturated carbocycles. The summed E-state index contributed by atoms with van der Waals surface area (Å²) in [7, 11) is 0. The summed E-state index contributed by atoms with van der Waals surface area (Å²) in [5.74, 6) is -2.72. The van der Waals surface area contributed by atoms with Crippen molar-refractivity contribution in [1.82, 2.24) is 20.4 Å². The number of primary amides is 1. The molecule has 1 aliphatic rings. The molecule has 0 aliphatic carbocycles. The Bertz CT molecular complexity index is 1360. The number of amides is 7. The maximum atomic E-state index is 13.2. The molecule has 2 aromatic rings. The number of aryl methyl sites for hydroxylation is 1. The van der Waals surface area contributed by atoms with Gasteiger partial charge in [0.2, 0.25) is 29.5 Å². The number of carbonyl (C=O) groups is 6. The molecule has 7 amide bonds. The molecule has 0 aromatic heterocycles. The predicted octanol–water partition coefficient (Wildman–Crippen LogP) is 1.52. The van der Waals surface area contributed by atoms with Crippen LogP contribution in [0.1, 0.15) is 44.2 Å². The lowest BCUT2D eigenvalue weighted by atomic mass is 10.1. The van der Waals surface area contributed by atoms with Gasteiger partial charge in [-0.25, -0.2) is 4.79 Å². The van der Waals surface area contributed by atoms with Crippen LogP contribution in [0.3, 0.4) is 0 Å². The SMILES string of the molecule is Cc1ccccc1NC(=O)Nc1ccc(CC(=O)NCC(=O)N(C(C)C)C(CC(N)=O)C(=O)NCC(=O)N2CCCC2)cc1. The fraction of sp³-hybridized carbons (Fsp3) is 0.419. The Morgan fingerprint density at radius 3 is 2.16 bits per heavy atom. The Kier molecular flexibility index (Phi) is 12.2. The first-order chi connectivity index (χ1) is 20.9. The Morgan fingerprint density at radius 1 is 0.886 bits per heavy atom. The summed E-state index contributed by atoms with van der Waals surface area (Å²) in [6.45, 7) is 5.83. The van der Waals surface area contributed by atoms with Crippen LogP contribution in [0.5, 0.6) is 0 Å². The number of likely N-dealkylation sites (tertiary alicyclic amines) is 1. The van der Waals surface area contributed by atoms with Crippen LogP contribution in [0.2, 0.25) is 0 Å². The molecule has 1 unspecified atom stereocenters. The minimum absolute atomic E-state index is 0.0333. The molecular formula is C31H41N7O6. The van der Waals surface area contributed by atoms with E-state index in [2.05, 4.69) is 21.3 Å². The summed E-state index contributed by atoms with van der Waals surface area (Å²) >= 11 is 0. The molecule has 6 N–H and O–H groups in total. The fourth-order valence-electron chi connectivity index (χ4n) is 4.91. The van der Waals surface area contributed by atoms with Crippen molar-refractivity contribution in [3.63, 3.8) is 0 Å². The Morgan fingerprint density at radius 2 is 1.55 bits per heavy atom. The molecule has 1 atom stereocenters. The largest absolute Gasteiger partial charge is 0.370 e. The maximum Gasteiger partial charge on any atom is 0.323 e. The fourth-order valence-corrected chi connectivity index (χ4v) is 4.91. The smallest absolute Gasteiger partial charge is 0.323 e. The maximum absolute atomic E-state index is 13.2. The van der Waals surface area contributed by atoms with E-state index in [0.717, 1.165) is 18.4 Å². The average molecular weight is 608 g/mol. The van der Waals surface area contributed by atoms with Crippen molar-refractivity contribution in [2.24, 2.45) is 5.73 Å². The van der Waals surface area contributed by atoms with Gasteiger partial charge in [0.15, 0.2) is 0 Å². The van der Waals surface area contributed by atoms with E-state index in [-0.39, 0.29) is 18.9 Å². The highest BCUT2D eigenvalue weighted by atomic mass is 16.2. The number of rotatable bonds is 13. The average Bonchev–Trinajstić information content (AvgIpc) is 3.51. The molecule has 0 radical (unpaired) electrons. The van der Waals surface area contributed by atoms with E-state index in [9.17, 15) is 28.8 Å². The van der Waals surface area contributed by atoms with Crippen LogP contribution in [0, 0.1) is 6.92 Å². The van der Waals surface area contributed by atoms with Crippen LogP contribution in [0.25, 0.3) is 0 Å². The van der Waals surface area contributed by atoms with E-state index in [1.165, 1.54) is 4.90 Å². The van der Waals surface area contributed by atoms with Crippen LogP contribution in [0.15, 0.2) is 48.5 Å². The number of nitrogens with two attached hydrogens (primary N) is 1. The lowest BCUT2D eigenvalue weighted by Gasteiger charge is -2.34. The van der Waals surface area contributed by atoms with Gasteiger partial charge in [0, 0.05) is 30.5 Å². The number of anilines is 2. The van der Waals surface area contributed by atoms with Gasteiger partial charge in [0.1, 0.15) is 6.04 Å². The Balaban J connectivity index is 1.53. The molecule has 0 spiro atoms. The van der Waals surface area contributed by atoms with Crippen molar-refractivity contribution in [3.8, 4) is 0 Å². The van der Waals surface area contributed by atoms with E-state index in [4.69, 9.17) is 5.73 Å². The molecule has 3 rings (SSSR count). The Labute approximate surface area is 256 Å². The zero-order valence-electron chi connectivity index (χ0n) is 25.4. The highest BCUT2D eigenvalue weighted by Gasteiger charge is 2.33. The number of hydrogen-bond donors (Lipinski definition) is 5. The van der Waals surface area contributed by atoms with Crippen LogP contribution < -0.4 is 27.0 Å². The van der Waals surface area contributed by atoms with Crippen molar-refractivity contribution in [2.75, 3.05) is 36.8 Å². The monoisotopic (exact) mass is 607 g/mol. The molecule has 2 aromatic carbocycles. The lowest BCUT2D eigenvalue weighted by Crippen LogP contribution is -2.56. The van der Waals surface area contributed by atoms with Crippen molar-refractivity contribution < 1.29 is 28.8 Å². The van der Waals surface area contributed by atoms with Crippen LogP contribution >= 0.6 is 0 Å². The van der Waals surface area contributed by atoms with Gasteiger partial charge >= 0.3 is 6.03 Å². The molecule has 13 nitrogen and oxygen atoms in total. The van der Waals surface area contributed by atoms with E-state index >= 15 is 0 Å². The first-order valence-corrected chi connectivity index (χ1v) is 14.6. The molecule has 0 bridgehead atoms. The van der Waals surface area contributed by atoms with Gasteiger partial charge in [-0.15, -0.1) is 0 Å². The second-order valence-electron chi connectivity index (χ2n) is 10.9. The van der Waals surface area contributed by atoms with E-state index in [1.54, 1.807) is 49.1 Å². The van der Waals surface area contributed by atoms with Gasteiger partial charge in [-0.05, 0) is 62.9 Å². The lowest BCUT2D eigenvalue weighted by molar-refractivity contribution is -0.144. The molecule has 1 heterocycles. The molecule has 1 aliphatic heterocycles.